The quantitative estimate of drug-likeness (QED) is 0.266. The van der Waals surface area contributed by atoms with Gasteiger partial charge >= 0.3 is 0 Å². The van der Waals surface area contributed by atoms with Crippen molar-refractivity contribution in [3.63, 3.8) is 0 Å². The maximum absolute atomic E-state index is 12.9. The molecule has 6 rings (SSSR count). The summed E-state index contributed by atoms with van der Waals surface area (Å²) in [5.74, 6) is 2.67. The van der Waals surface area contributed by atoms with Crippen molar-refractivity contribution in [3.8, 4) is 34.3 Å². The Kier molecular flexibility index (Phi) is 6.57. The highest BCUT2D eigenvalue weighted by Crippen LogP contribution is 2.43. The van der Waals surface area contributed by atoms with E-state index in [1.165, 1.54) is 5.56 Å². The average Bonchev–Trinajstić information content (AvgIpc) is 3.36. The van der Waals surface area contributed by atoms with Gasteiger partial charge in [-0.2, -0.15) is 4.57 Å². The number of pyridine rings is 2. The molecule has 4 heterocycles. The number of aromatic nitrogens is 2. The van der Waals surface area contributed by atoms with Gasteiger partial charge in [-0.25, -0.2) is 0 Å². The van der Waals surface area contributed by atoms with Gasteiger partial charge in [-0.05, 0) is 42.0 Å². The highest BCUT2D eigenvalue weighted by atomic mass is 127. The minimum atomic E-state index is -0.162. The van der Waals surface area contributed by atoms with Crippen LogP contribution in [0.25, 0.3) is 22.0 Å². The summed E-state index contributed by atoms with van der Waals surface area (Å²) in [6, 6.07) is 11.4. The third-order valence-electron chi connectivity index (χ3n) is 6.61. The molecule has 36 heavy (non-hydrogen) atoms. The Hall–Kier alpha value is -3.60. The van der Waals surface area contributed by atoms with E-state index in [9.17, 15) is 4.79 Å². The summed E-state index contributed by atoms with van der Waals surface area (Å²) in [7, 11) is 3.27. The maximum atomic E-state index is 12.9. The molecule has 0 saturated carbocycles. The largest absolute Gasteiger partial charge is 1.00 e. The van der Waals surface area contributed by atoms with E-state index in [1.54, 1.807) is 38.7 Å². The number of ether oxygens (including phenoxy) is 4. The average molecular weight is 597 g/mol. The van der Waals surface area contributed by atoms with Gasteiger partial charge < -0.3 is 48.2 Å². The van der Waals surface area contributed by atoms with E-state index in [-0.39, 0.29) is 36.7 Å². The van der Waals surface area contributed by atoms with Crippen molar-refractivity contribution in [1.29, 1.82) is 0 Å². The number of carbonyl (C=O) groups is 1. The molecule has 184 valence electrons. The van der Waals surface area contributed by atoms with E-state index in [4.69, 9.17) is 18.9 Å². The molecule has 8 nitrogen and oxygen atoms in total. The lowest BCUT2D eigenvalue weighted by molar-refractivity contribution is -0.686. The van der Waals surface area contributed by atoms with Gasteiger partial charge in [0.1, 0.15) is 0 Å². The molecular weight excluding hydrogens is 573 g/mol. The molecule has 2 aliphatic rings. The third kappa shape index (κ3) is 3.97. The summed E-state index contributed by atoms with van der Waals surface area (Å²) in [5, 5.41) is 5.00. The second kappa shape index (κ2) is 9.81. The first-order valence-electron chi connectivity index (χ1n) is 11.4. The number of rotatable bonds is 5. The van der Waals surface area contributed by atoms with Crippen LogP contribution < -0.4 is 52.8 Å². The minimum absolute atomic E-state index is 0. The smallest absolute Gasteiger partial charge is 0.251 e. The van der Waals surface area contributed by atoms with Gasteiger partial charge in [0, 0.05) is 29.8 Å². The molecule has 1 amide bonds. The molecule has 1 N–H and O–H groups in total. The van der Waals surface area contributed by atoms with Crippen LogP contribution >= 0.6 is 0 Å². The fraction of sp³-hybridized carbons (Fsp3) is 0.222. The lowest BCUT2D eigenvalue weighted by Crippen LogP contribution is -3.00. The van der Waals surface area contributed by atoms with Crippen molar-refractivity contribution >= 4 is 16.7 Å². The number of nitrogens with one attached hydrogen (secondary N) is 1. The van der Waals surface area contributed by atoms with E-state index in [0.717, 1.165) is 52.1 Å². The molecule has 0 fully saturated rings. The van der Waals surface area contributed by atoms with E-state index in [2.05, 4.69) is 27.1 Å². The fourth-order valence-electron chi connectivity index (χ4n) is 4.96. The summed E-state index contributed by atoms with van der Waals surface area (Å²) >= 11 is 0. The van der Waals surface area contributed by atoms with Crippen molar-refractivity contribution in [1.82, 2.24) is 10.3 Å². The minimum Gasteiger partial charge on any atom is -1.00 e. The van der Waals surface area contributed by atoms with Crippen LogP contribution in [0.2, 0.25) is 0 Å². The molecule has 0 spiro atoms. The van der Waals surface area contributed by atoms with Crippen LogP contribution in [0.3, 0.4) is 0 Å². The third-order valence-corrected chi connectivity index (χ3v) is 6.61. The Labute approximate surface area is 225 Å². The van der Waals surface area contributed by atoms with Gasteiger partial charge in [0.05, 0.1) is 37.3 Å². The number of amides is 1. The number of carbonyl (C=O) groups excluding carboxylic acids is 1. The molecule has 0 aliphatic carbocycles. The number of hydrogen-bond donors (Lipinski definition) is 1. The van der Waals surface area contributed by atoms with Crippen molar-refractivity contribution in [2.75, 3.05) is 21.0 Å². The summed E-state index contributed by atoms with van der Waals surface area (Å²) in [6.07, 6.45) is 6.18. The molecule has 2 aromatic heterocycles. The number of halogens is 1. The number of methoxy groups -OCH3 is 2. The first-order chi connectivity index (χ1) is 17.2. The molecule has 0 saturated heterocycles. The van der Waals surface area contributed by atoms with Crippen LogP contribution in [0.5, 0.6) is 23.0 Å². The van der Waals surface area contributed by atoms with E-state index >= 15 is 0 Å². The van der Waals surface area contributed by atoms with Crippen LogP contribution in [-0.2, 0) is 19.5 Å². The van der Waals surface area contributed by atoms with E-state index in [0.29, 0.717) is 23.6 Å². The van der Waals surface area contributed by atoms with Crippen molar-refractivity contribution in [3.05, 3.63) is 71.7 Å². The zero-order valence-corrected chi connectivity index (χ0v) is 22.0. The zero-order valence-electron chi connectivity index (χ0n) is 19.8. The van der Waals surface area contributed by atoms with Crippen LogP contribution in [-0.4, -0.2) is 31.9 Å². The van der Waals surface area contributed by atoms with Gasteiger partial charge in [-0.15, -0.1) is 0 Å². The standard InChI is InChI=1S/C27H23N3O5.HI/c1-32-22-4-3-18-20(13-29-27(31)16-5-8-28-9-6-16)25-19-12-24-23(34-15-35-24)11-17(19)7-10-30(25)14-21(18)26(22)33-2;/h3-6,8-9,11-12,14H,7,10,13,15H2,1-2H3;1H. The molecular formula is C27H24IN3O5. The lowest BCUT2D eigenvalue weighted by atomic mass is 9.91. The van der Waals surface area contributed by atoms with Crippen LogP contribution in [0.15, 0.2) is 55.0 Å². The van der Waals surface area contributed by atoms with Crippen molar-refractivity contribution in [2.45, 2.75) is 19.5 Å². The van der Waals surface area contributed by atoms with Crippen LogP contribution in [0.1, 0.15) is 21.5 Å². The number of benzene rings is 2. The Bertz CT molecular complexity index is 1480. The lowest BCUT2D eigenvalue weighted by Gasteiger charge is -2.21. The summed E-state index contributed by atoms with van der Waals surface area (Å²) in [5.41, 5.74) is 4.86. The van der Waals surface area contributed by atoms with E-state index < -0.39 is 0 Å². The normalized spacial score (nSPS) is 12.8. The Morgan fingerprint density at radius 2 is 1.83 bits per heavy atom. The van der Waals surface area contributed by atoms with Gasteiger partial charge in [-0.1, -0.05) is 0 Å². The molecule has 2 aromatic carbocycles. The molecule has 2 aliphatic heterocycles. The maximum Gasteiger partial charge on any atom is 0.251 e. The van der Waals surface area contributed by atoms with Crippen LogP contribution in [0, 0.1) is 0 Å². The Balaban J connectivity index is 0.00000267. The van der Waals surface area contributed by atoms with Crippen molar-refractivity contribution in [2.24, 2.45) is 0 Å². The van der Waals surface area contributed by atoms with Crippen molar-refractivity contribution < 1.29 is 52.3 Å². The molecule has 4 aromatic rings. The summed E-state index contributed by atoms with van der Waals surface area (Å²) in [4.78, 5) is 16.9. The Morgan fingerprint density at radius 1 is 1.06 bits per heavy atom. The molecule has 0 radical (unpaired) electrons. The first-order valence-corrected chi connectivity index (χ1v) is 11.4. The monoisotopic (exact) mass is 597 g/mol. The summed E-state index contributed by atoms with van der Waals surface area (Å²) in [6.45, 7) is 1.34. The van der Waals surface area contributed by atoms with E-state index in [1.807, 2.05) is 18.2 Å². The second-order valence-electron chi connectivity index (χ2n) is 8.44. The van der Waals surface area contributed by atoms with Gasteiger partial charge in [0.15, 0.2) is 35.7 Å². The number of aryl methyl sites for hydroxylation is 2. The number of fused-ring (bicyclic) bond motifs is 5. The predicted molar refractivity (Wildman–Crippen MR) is 128 cm³/mol. The predicted octanol–water partition coefficient (Wildman–Crippen LogP) is 0.425. The summed E-state index contributed by atoms with van der Waals surface area (Å²) < 4.78 is 24.8. The molecule has 9 heteroatoms. The molecule has 0 unspecified atom stereocenters. The second-order valence-corrected chi connectivity index (χ2v) is 8.44. The fourth-order valence-corrected chi connectivity index (χ4v) is 4.96. The van der Waals surface area contributed by atoms with Gasteiger partial charge in [0.2, 0.25) is 12.5 Å². The zero-order chi connectivity index (χ0) is 23.9. The van der Waals surface area contributed by atoms with Gasteiger partial charge in [-0.3, -0.25) is 9.78 Å². The highest BCUT2D eigenvalue weighted by Gasteiger charge is 2.32. The van der Waals surface area contributed by atoms with Gasteiger partial charge in [0.25, 0.3) is 5.91 Å². The Morgan fingerprint density at radius 3 is 2.58 bits per heavy atom. The first kappa shape index (κ1) is 24.1. The number of nitrogens with zero attached hydrogens (tertiary/aromatic N) is 2. The SMILES string of the molecule is COc1ccc2c(CNC(=O)c3ccncc3)c3[n+](cc2c1OC)CCc1cc2c(cc1-3)OCO2.[I-]. The highest BCUT2D eigenvalue weighted by molar-refractivity contribution is 5.97. The number of hydrogen-bond acceptors (Lipinski definition) is 6. The topological polar surface area (TPSA) is 82.8 Å². The molecule has 0 atom stereocenters. The molecule has 0 bridgehead atoms. The van der Waals surface area contributed by atoms with Crippen LogP contribution in [0.4, 0.5) is 0 Å².